The van der Waals surface area contributed by atoms with Crippen LogP contribution < -0.4 is 10.7 Å². The molecule has 0 saturated carbocycles. The fourth-order valence-corrected chi connectivity index (χ4v) is 2.27. The Labute approximate surface area is 143 Å². The number of nitrogens with zero attached hydrogens (tertiary/aromatic N) is 1. The van der Waals surface area contributed by atoms with E-state index in [1.165, 1.54) is 6.21 Å². The van der Waals surface area contributed by atoms with E-state index in [9.17, 15) is 5.11 Å². The van der Waals surface area contributed by atoms with Crippen LogP contribution in [0.15, 0.2) is 47.6 Å². The Morgan fingerprint density at radius 3 is 2.45 bits per heavy atom. The van der Waals surface area contributed by atoms with Crippen molar-refractivity contribution in [2.75, 3.05) is 0 Å². The molecule has 0 atom stereocenters. The first-order valence-electron chi connectivity index (χ1n) is 6.35. The summed E-state index contributed by atoms with van der Waals surface area (Å²) >= 11 is 16.8. The molecule has 0 aromatic heterocycles. The highest BCUT2D eigenvalue weighted by Gasteiger charge is 2.05. The van der Waals surface area contributed by atoms with Crippen molar-refractivity contribution in [1.82, 2.24) is 10.7 Å². The minimum absolute atomic E-state index is 0.145. The SMILES string of the molecule is Oc1c(Cl)cc(C=NNC(=S)NCc2ccccc2)cc1Cl. The van der Waals surface area contributed by atoms with Crippen molar-refractivity contribution in [3.63, 3.8) is 0 Å². The zero-order valence-electron chi connectivity index (χ0n) is 11.4. The average molecular weight is 354 g/mol. The van der Waals surface area contributed by atoms with Gasteiger partial charge >= 0.3 is 0 Å². The first-order valence-corrected chi connectivity index (χ1v) is 7.51. The van der Waals surface area contributed by atoms with Gasteiger partial charge in [-0.3, -0.25) is 5.43 Å². The molecule has 0 saturated heterocycles. The smallest absolute Gasteiger partial charge is 0.187 e. The number of hydrogen-bond acceptors (Lipinski definition) is 3. The Morgan fingerprint density at radius 1 is 1.18 bits per heavy atom. The Morgan fingerprint density at radius 2 is 1.82 bits per heavy atom. The van der Waals surface area contributed by atoms with Crippen molar-refractivity contribution in [3.8, 4) is 5.75 Å². The van der Waals surface area contributed by atoms with Crippen molar-refractivity contribution in [1.29, 1.82) is 0 Å². The Kier molecular flexibility index (Phi) is 6.00. The number of phenols is 1. The van der Waals surface area contributed by atoms with Crippen molar-refractivity contribution in [2.24, 2.45) is 5.10 Å². The molecule has 7 heteroatoms. The van der Waals surface area contributed by atoms with Crippen LogP contribution in [0.25, 0.3) is 0 Å². The number of benzene rings is 2. The van der Waals surface area contributed by atoms with Gasteiger partial charge in [-0.1, -0.05) is 53.5 Å². The minimum atomic E-state index is -0.145. The number of phenolic OH excluding ortho intramolecular Hbond substituents is 1. The molecule has 0 spiro atoms. The van der Waals surface area contributed by atoms with E-state index in [1.807, 2.05) is 30.3 Å². The number of nitrogens with one attached hydrogen (secondary N) is 2. The standard InChI is InChI=1S/C15H13Cl2N3OS/c16-12-6-11(7-13(17)14(12)21)9-19-20-15(22)18-8-10-4-2-1-3-5-10/h1-7,9,21H,8H2,(H2,18,20,22). The predicted octanol–water partition coefficient (Wildman–Crippen LogP) is 3.70. The van der Waals surface area contributed by atoms with Gasteiger partial charge in [0.15, 0.2) is 10.9 Å². The van der Waals surface area contributed by atoms with Gasteiger partial charge in [0.05, 0.1) is 16.3 Å². The molecule has 0 heterocycles. The third-order valence-corrected chi connectivity index (χ3v) is 3.53. The van der Waals surface area contributed by atoms with E-state index < -0.39 is 0 Å². The van der Waals surface area contributed by atoms with E-state index >= 15 is 0 Å². The summed E-state index contributed by atoms with van der Waals surface area (Å²) in [4.78, 5) is 0. The van der Waals surface area contributed by atoms with Crippen LogP contribution >= 0.6 is 35.4 Å². The molecule has 0 aliphatic carbocycles. The van der Waals surface area contributed by atoms with Gasteiger partial charge < -0.3 is 10.4 Å². The summed E-state index contributed by atoms with van der Waals surface area (Å²) in [6.07, 6.45) is 1.51. The molecule has 0 bridgehead atoms. The number of rotatable bonds is 4. The van der Waals surface area contributed by atoms with Crippen molar-refractivity contribution >= 4 is 46.7 Å². The molecule has 3 N–H and O–H groups in total. The predicted molar refractivity (Wildman–Crippen MR) is 94.7 cm³/mol. The molecule has 0 unspecified atom stereocenters. The van der Waals surface area contributed by atoms with Crippen LogP contribution in [0, 0.1) is 0 Å². The maximum Gasteiger partial charge on any atom is 0.187 e. The lowest BCUT2D eigenvalue weighted by Gasteiger charge is -2.07. The first-order chi connectivity index (χ1) is 10.6. The summed E-state index contributed by atoms with van der Waals surface area (Å²) in [5.74, 6) is -0.145. The number of hydrazone groups is 1. The van der Waals surface area contributed by atoms with Crippen molar-refractivity contribution < 1.29 is 5.11 Å². The molecule has 0 amide bonds. The van der Waals surface area contributed by atoms with Crippen LogP contribution in [0.3, 0.4) is 0 Å². The number of hydrogen-bond donors (Lipinski definition) is 3. The fourth-order valence-electron chi connectivity index (χ4n) is 1.64. The lowest BCUT2D eigenvalue weighted by molar-refractivity contribution is 0.476. The fraction of sp³-hybridized carbons (Fsp3) is 0.0667. The van der Waals surface area contributed by atoms with Crippen LogP contribution in [0.2, 0.25) is 10.0 Å². The summed E-state index contributed by atoms with van der Waals surface area (Å²) in [5.41, 5.74) is 4.46. The normalized spacial score (nSPS) is 10.6. The van der Waals surface area contributed by atoms with Gasteiger partial charge in [0.25, 0.3) is 0 Å². The molecule has 114 valence electrons. The summed E-state index contributed by atoms with van der Waals surface area (Å²) < 4.78 is 0. The van der Waals surface area contributed by atoms with E-state index in [0.717, 1.165) is 5.56 Å². The molecule has 2 rings (SSSR count). The second-order valence-electron chi connectivity index (χ2n) is 4.37. The summed E-state index contributed by atoms with van der Waals surface area (Å²) in [5, 5.41) is 17.2. The number of thiocarbonyl (C=S) groups is 1. The number of aromatic hydroxyl groups is 1. The van der Waals surface area contributed by atoms with Crippen LogP contribution in [-0.4, -0.2) is 16.4 Å². The molecule has 22 heavy (non-hydrogen) atoms. The van der Waals surface area contributed by atoms with E-state index in [1.54, 1.807) is 12.1 Å². The van der Waals surface area contributed by atoms with E-state index in [-0.39, 0.29) is 15.8 Å². The third kappa shape index (κ3) is 4.87. The molecule has 2 aromatic carbocycles. The van der Waals surface area contributed by atoms with Gasteiger partial charge in [0, 0.05) is 6.54 Å². The Bertz CT molecular complexity index is 669. The van der Waals surface area contributed by atoms with Crippen molar-refractivity contribution in [3.05, 3.63) is 63.6 Å². The molecule has 4 nitrogen and oxygen atoms in total. The molecule has 0 aliphatic heterocycles. The lowest BCUT2D eigenvalue weighted by Crippen LogP contribution is -2.31. The van der Waals surface area contributed by atoms with Gasteiger partial charge in [-0.05, 0) is 35.5 Å². The summed E-state index contributed by atoms with van der Waals surface area (Å²) in [7, 11) is 0. The number of halogens is 2. The summed E-state index contributed by atoms with van der Waals surface area (Å²) in [6.45, 7) is 0.610. The van der Waals surface area contributed by atoms with Crippen LogP contribution in [0.4, 0.5) is 0 Å². The summed E-state index contributed by atoms with van der Waals surface area (Å²) in [6, 6.07) is 13.0. The van der Waals surface area contributed by atoms with Gasteiger partial charge in [0.2, 0.25) is 0 Å². The van der Waals surface area contributed by atoms with Gasteiger partial charge in [0.1, 0.15) is 0 Å². The molecule has 2 aromatic rings. The topological polar surface area (TPSA) is 56.7 Å². The Balaban J connectivity index is 1.85. The maximum absolute atomic E-state index is 9.47. The second kappa shape index (κ2) is 7.98. The van der Waals surface area contributed by atoms with Crippen LogP contribution in [0.1, 0.15) is 11.1 Å². The van der Waals surface area contributed by atoms with Crippen LogP contribution in [-0.2, 0) is 6.54 Å². The molecular weight excluding hydrogens is 341 g/mol. The van der Waals surface area contributed by atoms with E-state index in [2.05, 4.69) is 15.8 Å². The second-order valence-corrected chi connectivity index (χ2v) is 5.59. The lowest BCUT2D eigenvalue weighted by atomic mass is 10.2. The molecule has 0 radical (unpaired) electrons. The maximum atomic E-state index is 9.47. The average Bonchev–Trinajstić information content (AvgIpc) is 2.51. The largest absolute Gasteiger partial charge is 0.505 e. The zero-order valence-corrected chi connectivity index (χ0v) is 13.7. The van der Waals surface area contributed by atoms with Gasteiger partial charge in [-0.15, -0.1) is 0 Å². The zero-order chi connectivity index (χ0) is 15.9. The molecule has 0 aliphatic rings. The highest BCUT2D eigenvalue weighted by Crippen LogP contribution is 2.32. The third-order valence-electron chi connectivity index (χ3n) is 2.71. The highest BCUT2D eigenvalue weighted by molar-refractivity contribution is 7.80. The van der Waals surface area contributed by atoms with E-state index in [0.29, 0.717) is 17.2 Å². The quantitative estimate of drug-likeness (QED) is 0.445. The highest BCUT2D eigenvalue weighted by atomic mass is 35.5. The van der Waals surface area contributed by atoms with Gasteiger partial charge in [-0.25, -0.2) is 0 Å². The monoisotopic (exact) mass is 353 g/mol. The minimum Gasteiger partial charge on any atom is -0.505 e. The van der Waals surface area contributed by atoms with Crippen molar-refractivity contribution in [2.45, 2.75) is 6.54 Å². The van der Waals surface area contributed by atoms with Gasteiger partial charge in [-0.2, -0.15) is 5.10 Å². The first kappa shape index (κ1) is 16.5. The molecule has 0 fully saturated rings. The molecular formula is C15H13Cl2N3OS. The van der Waals surface area contributed by atoms with Crippen LogP contribution in [0.5, 0.6) is 5.75 Å². The Hall–Kier alpha value is -1.82. The van der Waals surface area contributed by atoms with E-state index in [4.69, 9.17) is 35.4 Å².